The van der Waals surface area contributed by atoms with Gasteiger partial charge in [0.05, 0.1) is 0 Å². The Bertz CT molecular complexity index is 369. The molecule has 0 aromatic carbocycles. The fourth-order valence-corrected chi connectivity index (χ4v) is 1.53. The van der Waals surface area contributed by atoms with Crippen LogP contribution in [0.15, 0.2) is 16.6 Å². The highest BCUT2D eigenvalue weighted by molar-refractivity contribution is 6.10. The van der Waals surface area contributed by atoms with Crippen molar-refractivity contribution in [2.75, 3.05) is 0 Å². The first kappa shape index (κ1) is 11.5. The zero-order valence-electron chi connectivity index (χ0n) is 8.91. The van der Waals surface area contributed by atoms with E-state index in [0.717, 1.165) is 6.21 Å². The molecule has 0 bridgehead atoms. The fraction of sp³-hybridized carbons (Fsp3) is 0.455. The normalized spacial score (nSPS) is 24.9. The zero-order valence-corrected chi connectivity index (χ0v) is 8.91. The number of nitrogens with one attached hydrogen (secondary N) is 1. The van der Waals surface area contributed by atoms with E-state index in [1.165, 1.54) is 6.21 Å². The van der Waals surface area contributed by atoms with Crippen LogP contribution in [0, 0.1) is 10.8 Å². The topological polar surface area (TPSA) is 70.3 Å². The van der Waals surface area contributed by atoms with Crippen molar-refractivity contribution in [1.82, 2.24) is 0 Å². The summed E-state index contributed by atoms with van der Waals surface area (Å²) < 4.78 is 0. The standard InChI is InChI=1S/C11H14N2O2/c1-3-9(14)6-11(7-12)8(2)4-5-13-10(11)15/h4-5,7,12H,3,6H2,1-2H3. The third kappa shape index (κ3) is 1.93. The number of hydrogen-bond acceptors (Lipinski definition) is 3. The number of carbonyl (C=O) groups excluding carboxylic acids is 2. The highest BCUT2D eigenvalue weighted by atomic mass is 16.2. The highest BCUT2D eigenvalue weighted by Gasteiger charge is 2.40. The molecule has 0 saturated heterocycles. The van der Waals surface area contributed by atoms with Crippen LogP contribution in [-0.4, -0.2) is 24.1 Å². The van der Waals surface area contributed by atoms with Gasteiger partial charge in [-0.1, -0.05) is 12.5 Å². The van der Waals surface area contributed by atoms with Gasteiger partial charge in [0.2, 0.25) is 0 Å². The molecule has 0 fully saturated rings. The van der Waals surface area contributed by atoms with Crippen molar-refractivity contribution in [1.29, 1.82) is 5.41 Å². The van der Waals surface area contributed by atoms with E-state index in [4.69, 9.17) is 5.41 Å². The maximum atomic E-state index is 11.7. The van der Waals surface area contributed by atoms with Crippen LogP contribution < -0.4 is 0 Å². The minimum atomic E-state index is -1.12. The first-order valence-electron chi connectivity index (χ1n) is 4.86. The molecule has 1 amide bonds. The van der Waals surface area contributed by atoms with E-state index in [1.807, 2.05) is 0 Å². The SMILES string of the molecule is CCC(=O)CC1(C=N)C(=O)N=CC=C1C. The first-order chi connectivity index (χ1) is 7.06. The molecular formula is C11H14N2O2. The lowest BCUT2D eigenvalue weighted by Gasteiger charge is -2.27. The van der Waals surface area contributed by atoms with Crippen molar-refractivity contribution >= 4 is 24.1 Å². The summed E-state index contributed by atoms with van der Waals surface area (Å²) in [5.41, 5.74) is -0.415. The van der Waals surface area contributed by atoms with Gasteiger partial charge in [-0.3, -0.25) is 9.59 Å². The minimum absolute atomic E-state index is 0.0308. The summed E-state index contributed by atoms with van der Waals surface area (Å²) in [4.78, 5) is 26.7. The molecule has 0 aromatic rings. The van der Waals surface area contributed by atoms with E-state index in [1.54, 1.807) is 19.9 Å². The summed E-state index contributed by atoms with van der Waals surface area (Å²) in [6, 6.07) is 0. The Morgan fingerprint density at radius 1 is 1.67 bits per heavy atom. The molecule has 1 unspecified atom stereocenters. The smallest absolute Gasteiger partial charge is 0.261 e. The zero-order chi connectivity index (χ0) is 11.5. The summed E-state index contributed by atoms with van der Waals surface area (Å²) >= 11 is 0. The van der Waals surface area contributed by atoms with Gasteiger partial charge in [0.1, 0.15) is 11.2 Å². The molecule has 15 heavy (non-hydrogen) atoms. The van der Waals surface area contributed by atoms with Crippen LogP contribution in [0.2, 0.25) is 0 Å². The molecule has 0 radical (unpaired) electrons. The Balaban J connectivity index is 3.07. The third-order valence-electron chi connectivity index (χ3n) is 2.72. The molecule has 1 N–H and O–H groups in total. The quantitative estimate of drug-likeness (QED) is 0.709. The maximum Gasteiger partial charge on any atom is 0.261 e. The Morgan fingerprint density at radius 2 is 2.33 bits per heavy atom. The van der Waals surface area contributed by atoms with Gasteiger partial charge < -0.3 is 5.41 Å². The van der Waals surface area contributed by atoms with Crippen molar-refractivity contribution in [3.8, 4) is 0 Å². The molecule has 0 saturated carbocycles. The molecule has 1 aliphatic rings. The molecule has 4 heteroatoms. The van der Waals surface area contributed by atoms with E-state index in [-0.39, 0.29) is 12.2 Å². The molecular weight excluding hydrogens is 192 g/mol. The number of amides is 1. The van der Waals surface area contributed by atoms with E-state index < -0.39 is 11.3 Å². The van der Waals surface area contributed by atoms with Gasteiger partial charge in [0.15, 0.2) is 0 Å². The molecule has 80 valence electrons. The molecule has 1 atom stereocenters. The fourth-order valence-electron chi connectivity index (χ4n) is 1.53. The lowest BCUT2D eigenvalue weighted by Crippen LogP contribution is -2.37. The lowest BCUT2D eigenvalue weighted by atomic mass is 9.75. The van der Waals surface area contributed by atoms with Crippen LogP contribution >= 0.6 is 0 Å². The predicted octanol–water partition coefficient (Wildman–Crippen LogP) is 1.55. The average Bonchev–Trinajstić information content (AvgIpc) is 2.23. The van der Waals surface area contributed by atoms with Crippen molar-refractivity contribution < 1.29 is 9.59 Å². The number of Topliss-reactive ketones (excluding diaryl/α,β-unsaturated/α-hetero) is 1. The summed E-state index contributed by atoms with van der Waals surface area (Å²) in [5.74, 6) is -0.448. The van der Waals surface area contributed by atoms with Crippen molar-refractivity contribution in [2.24, 2.45) is 10.4 Å². The summed E-state index contributed by atoms with van der Waals surface area (Å²) in [6.45, 7) is 3.49. The molecule has 1 aliphatic heterocycles. The Hall–Kier alpha value is -1.58. The minimum Gasteiger partial charge on any atom is -0.312 e. The van der Waals surface area contributed by atoms with Gasteiger partial charge in [-0.05, 0) is 13.0 Å². The number of aliphatic imine (C=N–C) groups is 1. The number of carbonyl (C=O) groups is 2. The first-order valence-corrected chi connectivity index (χ1v) is 4.86. The lowest BCUT2D eigenvalue weighted by molar-refractivity contribution is -0.128. The van der Waals surface area contributed by atoms with Crippen LogP contribution in [0.25, 0.3) is 0 Å². The van der Waals surface area contributed by atoms with Crippen molar-refractivity contribution in [3.63, 3.8) is 0 Å². The van der Waals surface area contributed by atoms with Gasteiger partial charge in [0, 0.05) is 25.3 Å². The number of hydrogen-bond donors (Lipinski definition) is 1. The van der Waals surface area contributed by atoms with Gasteiger partial charge in [-0.25, -0.2) is 4.99 Å². The Labute approximate surface area is 88.6 Å². The van der Waals surface area contributed by atoms with E-state index in [9.17, 15) is 9.59 Å². The maximum absolute atomic E-state index is 11.7. The van der Waals surface area contributed by atoms with Crippen molar-refractivity contribution in [2.45, 2.75) is 26.7 Å². The third-order valence-corrected chi connectivity index (χ3v) is 2.72. The highest BCUT2D eigenvalue weighted by Crippen LogP contribution is 2.33. The Kier molecular flexibility index (Phi) is 3.29. The van der Waals surface area contributed by atoms with Gasteiger partial charge in [0.25, 0.3) is 5.91 Å². The van der Waals surface area contributed by atoms with Crippen molar-refractivity contribution in [3.05, 3.63) is 11.6 Å². The monoisotopic (exact) mass is 206 g/mol. The molecule has 0 spiro atoms. The predicted molar refractivity (Wildman–Crippen MR) is 58.4 cm³/mol. The van der Waals surface area contributed by atoms with E-state index in [0.29, 0.717) is 12.0 Å². The van der Waals surface area contributed by atoms with E-state index in [2.05, 4.69) is 4.99 Å². The second-order valence-corrected chi connectivity index (χ2v) is 3.62. The summed E-state index contributed by atoms with van der Waals surface area (Å²) in [7, 11) is 0. The molecule has 1 heterocycles. The average molecular weight is 206 g/mol. The van der Waals surface area contributed by atoms with Crippen LogP contribution in [0.1, 0.15) is 26.7 Å². The molecule has 4 nitrogen and oxygen atoms in total. The molecule has 0 aliphatic carbocycles. The van der Waals surface area contributed by atoms with Gasteiger partial charge in [-0.15, -0.1) is 0 Å². The van der Waals surface area contributed by atoms with Gasteiger partial charge in [-0.2, -0.15) is 0 Å². The van der Waals surface area contributed by atoms with Gasteiger partial charge >= 0.3 is 0 Å². The second-order valence-electron chi connectivity index (χ2n) is 3.62. The summed E-state index contributed by atoms with van der Waals surface area (Å²) in [6.07, 6.45) is 4.54. The largest absolute Gasteiger partial charge is 0.312 e. The van der Waals surface area contributed by atoms with Crippen LogP contribution in [-0.2, 0) is 9.59 Å². The second kappa shape index (κ2) is 4.29. The van der Waals surface area contributed by atoms with E-state index >= 15 is 0 Å². The van der Waals surface area contributed by atoms with Crippen LogP contribution in [0.5, 0.6) is 0 Å². The number of allylic oxidation sites excluding steroid dienone is 1. The Morgan fingerprint density at radius 3 is 2.80 bits per heavy atom. The number of rotatable bonds is 4. The molecule has 1 rings (SSSR count). The number of nitrogens with zero attached hydrogens (tertiary/aromatic N) is 1. The van der Waals surface area contributed by atoms with Crippen LogP contribution in [0.3, 0.4) is 0 Å². The number of ketones is 1. The summed E-state index contributed by atoms with van der Waals surface area (Å²) in [5, 5.41) is 7.36. The number of dihydropyridines is 1. The van der Waals surface area contributed by atoms with Crippen LogP contribution in [0.4, 0.5) is 0 Å². The molecule has 0 aromatic heterocycles.